The summed E-state index contributed by atoms with van der Waals surface area (Å²) in [4.78, 5) is 12.3. The molecule has 3 aliphatic rings. The first kappa shape index (κ1) is 18.6. The van der Waals surface area contributed by atoms with Gasteiger partial charge in [0.05, 0.1) is 13.2 Å². The summed E-state index contributed by atoms with van der Waals surface area (Å²) in [5.41, 5.74) is 1.03. The van der Waals surface area contributed by atoms with Crippen LogP contribution in [0.4, 0.5) is 0 Å². The van der Waals surface area contributed by atoms with Crippen molar-refractivity contribution in [1.29, 1.82) is 0 Å². The molecule has 1 saturated heterocycles. The lowest BCUT2D eigenvalue weighted by molar-refractivity contribution is -0.122. The first-order valence-corrected chi connectivity index (χ1v) is 10.4. The van der Waals surface area contributed by atoms with E-state index < -0.39 is 0 Å². The van der Waals surface area contributed by atoms with E-state index in [9.17, 15) is 4.79 Å². The molecule has 4 rings (SSSR count). The Hall–Kier alpha value is -1.75. The van der Waals surface area contributed by atoms with Gasteiger partial charge in [0.25, 0.3) is 0 Å². The maximum atomic E-state index is 12.3. The average Bonchev–Trinajstić information content (AvgIpc) is 3.43. The molecule has 3 fully saturated rings. The standard InChI is InChI=1S/C22H31NO4/c1-25-21-11-16(5-7-20(21)27-14-19-3-2-8-26-19)13-23-22(24)12-18-10-15-4-6-17(18)9-15/h5,7,11,15,17-19H,2-4,6,8-10,12-14H2,1H3,(H,23,24). The van der Waals surface area contributed by atoms with Gasteiger partial charge >= 0.3 is 0 Å². The van der Waals surface area contributed by atoms with Gasteiger partial charge in [-0.3, -0.25) is 4.79 Å². The van der Waals surface area contributed by atoms with Crippen LogP contribution in [-0.2, 0) is 16.1 Å². The van der Waals surface area contributed by atoms with Crippen LogP contribution in [0.1, 0.15) is 50.5 Å². The van der Waals surface area contributed by atoms with Crippen LogP contribution in [0.15, 0.2) is 18.2 Å². The molecule has 0 radical (unpaired) electrons. The Labute approximate surface area is 161 Å². The fourth-order valence-corrected chi connectivity index (χ4v) is 5.04. The summed E-state index contributed by atoms with van der Waals surface area (Å²) in [5.74, 6) is 3.88. The molecule has 2 bridgehead atoms. The lowest BCUT2D eigenvalue weighted by Crippen LogP contribution is -2.26. The van der Waals surface area contributed by atoms with E-state index in [2.05, 4.69) is 5.32 Å². The topological polar surface area (TPSA) is 56.8 Å². The lowest BCUT2D eigenvalue weighted by atomic mass is 9.86. The van der Waals surface area contributed by atoms with E-state index in [1.54, 1.807) is 7.11 Å². The van der Waals surface area contributed by atoms with E-state index in [0.717, 1.165) is 42.6 Å². The van der Waals surface area contributed by atoms with Crippen molar-refractivity contribution < 1.29 is 19.0 Å². The molecule has 148 valence electrons. The molecule has 5 heteroatoms. The summed E-state index contributed by atoms with van der Waals surface area (Å²) in [6.07, 6.45) is 8.32. The molecule has 2 aliphatic carbocycles. The predicted octanol–water partition coefficient (Wildman–Crippen LogP) is 3.70. The zero-order chi connectivity index (χ0) is 18.6. The number of methoxy groups -OCH3 is 1. The minimum absolute atomic E-state index is 0.172. The maximum Gasteiger partial charge on any atom is 0.220 e. The van der Waals surface area contributed by atoms with Crippen LogP contribution in [0.2, 0.25) is 0 Å². The van der Waals surface area contributed by atoms with E-state index in [4.69, 9.17) is 14.2 Å². The molecular formula is C22H31NO4. The van der Waals surface area contributed by atoms with E-state index in [1.165, 1.54) is 25.7 Å². The molecule has 4 atom stereocenters. The van der Waals surface area contributed by atoms with Crippen molar-refractivity contribution in [2.24, 2.45) is 17.8 Å². The van der Waals surface area contributed by atoms with Gasteiger partial charge in [-0.15, -0.1) is 0 Å². The second-order valence-electron chi connectivity index (χ2n) is 8.35. The average molecular weight is 373 g/mol. The van der Waals surface area contributed by atoms with E-state index >= 15 is 0 Å². The quantitative estimate of drug-likeness (QED) is 0.755. The van der Waals surface area contributed by atoms with Crippen LogP contribution in [0.5, 0.6) is 11.5 Å². The first-order chi connectivity index (χ1) is 13.2. The maximum absolute atomic E-state index is 12.3. The molecular weight excluding hydrogens is 342 g/mol. The Balaban J connectivity index is 1.26. The minimum Gasteiger partial charge on any atom is -0.493 e. The highest BCUT2D eigenvalue weighted by Gasteiger charge is 2.40. The summed E-state index contributed by atoms with van der Waals surface area (Å²) in [6, 6.07) is 5.86. The van der Waals surface area contributed by atoms with Gasteiger partial charge in [0.15, 0.2) is 11.5 Å². The third-order valence-corrected chi connectivity index (χ3v) is 6.50. The van der Waals surface area contributed by atoms with Crippen molar-refractivity contribution in [3.05, 3.63) is 23.8 Å². The minimum atomic E-state index is 0.172. The summed E-state index contributed by atoms with van der Waals surface area (Å²) in [5, 5.41) is 3.08. The molecule has 2 saturated carbocycles. The van der Waals surface area contributed by atoms with Gasteiger partial charge in [-0.2, -0.15) is 0 Å². The van der Waals surface area contributed by atoms with Crippen LogP contribution >= 0.6 is 0 Å². The van der Waals surface area contributed by atoms with Gasteiger partial charge in [0.2, 0.25) is 5.91 Å². The normalized spacial score (nSPS) is 29.1. The van der Waals surface area contributed by atoms with Gasteiger partial charge in [-0.05, 0) is 67.6 Å². The van der Waals surface area contributed by atoms with Crippen molar-refractivity contribution in [2.45, 2.75) is 57.6 Å². The molecule has 1 aliphatic heterocycles. The van der Waals surface area contributed by atoms with Crippen molar-refractivity contribution in [2.75, 3.05) is 20.3 Å². The highest BCUT2D eigenvalue weighted by atomic mass is 16.5. The Kier molecular flexibility index (Phi) is 5.86. The van der Waals surface area contributed by atoms with Crippen LogP contribution in [0, 0.1) is 17.8 Å². The number of hydrogen-bond donors (Lipinski definition) is 1. The largest absolute Gasteiger partial charge is 0.493 e. The molecule has 4 unspecified atom stereocenters. The Morgan fingerprint density at radius 1 is 1.22 bits per heavy atom. The highest BCUT2D eigenvalue weighted by Crippen LogP contribution is 2.49. The third-order valence-electron chi connectivity index (χ3n) is 6.50. The Bertz CT molecular complexity index is 656. The first-order valence-electron chi connectivity index (χ1n) is 10.4. The van der Waals surface area contributed by atoms with Crippen molar-refractivity contribution in [3.8, 4) is 11.5 Å². The monoisotopic (exact) mass is 373 g/mol. The van der Waals surface area contributed by atoms with Crippen LogP contribution in [-0.4, -0.2) is 32.3 Å². The number of carbonyl (C=O) groups excluding carboxylic acids is 1. The van der Waals surface area contributed by atoms with E-state index in [0.29, 0.717) is 31.2 Å². The SMILES string of the molecule is COc1cc(CNC(=O)CC2CC3CCC2C3)ccc1OCC1CCCO1. The summed E-state index contributed by atoms with van der Waals surface area (Å²) < 4.78 is 16.9. The van der Waals surface area contributed by atoms with E-state index in [1.807, 2.05) is 18.2 Å². The fourth-order valence-electron chi connectivity index (χ4n) is 5.04. The smallest absolute Gasteiger partial charge is 0.220 e. The zero-order valence-electron chi connectivity index (χ0n) is 16.2. The van der Waals surface area contributed by atoms with Crippen LogP contribution in [0.25, 0.3) is 0 Å². The molecule has 5 nitrogen and oxygen atoms in total. The number of hydrogen-bond acceptors (Lipinski definition) is 4. The molecule has 1 N–H and O–H groups in total. The fraction of sp³-hybridized carbons (Fsp3) is 0.682. The van der Waals surface area contributed by atoms with Gasteiger partial charge in [0, 0.05) is 19.6 Å². The molecule has 27 heavy (non-hydrogen) atoms. The molecule has 0 spiro atoms. The molecule has 1 heterocycles. The number of ether oxygens (including phenoxy) is 3. The predicted molar refractivity (Wildman–Crippen MR) is 103 cm³/mol. The van der Waals surface area contributed by atoms with Crippen molar-refractivity contribution in [1.82, 2.24) is 5.32 Å². The van der Waals surface area contributed by atoms with Crippen molar-refractivity contribution in [3.63, 3.8) is 0 Å². The van der Waals surface area contributed by atoms with Crippen LogP contribution < -0.4 is 14.8 Å². The lowest BCUT2D eigenvalue weighted by Gasteiger charge is -2.21. The number of fused-ring (bicyclic) bond motifs is 2. The number of amides is 1. The molecule has 1 aromatic carbocycles. The number of benzene rings is 1. The van der Waals surface area contributed by atoms with Gasteiger partial charge in [0.1, 0.15) is 6.61 Å². The summed E-state index contributed by atoms with van der Waals surface area (Å²) in [6.45, 7) is 1.91. The number of nitrogens with one attached hydrogen (secondary N) is 1. The second-order valence-corrected chi connectivity index (χ2v) is 8.35. The summed E-state index contributed by atoms with van der Waals surface area (Å²) in [7, 11) is 1.64. The van der Waals surface area contributed by atoms with E-state index in [-0.39, 0.29) is 12.0 Å². The number of carbonyl (C=O) groups is 1. The highest BCUT2D eigenvalue weighted by molar-refractivity contribution is 5.76. The van der Waals surface area contributed by atoms with Crippen molar-refractivity contribution >= 4 is 5.91 Å². The second kappa shape index (κ2) is 8.51. The molecule has 1 aromatic rings. The summed E-state index contributed by atoms with van der Waals surface area (Å²) >= 11 is 0. The zero-order valence-corrected chi connectivity index (χ0v) is 16.2. The van der Waals surface area contributed by atoms with Gasteiger partial charge in [-0.25, -0.2) is 0 Å². The molecule has 0 aromatic heterocycles. The Morgan fingerprint density at radius 2 is 2.15 bits per heavy atom. The Morgan fingerprint density at radius 3 is 2.85 bits per heavy atom. The number of rotatable bonds is 8. The van der Waals surface area contributed by atoms with Gasteiger partial charge < -0.3 is 19.5 Å². The third kappa shape index (κ3) is 4.57. The van der Waals surface area contributed by atoms with Gasteiger partial charge in [-0.1, -0.05) is 12.5 Å². The molecule has 1 amide bonds. The van der Waals surface area contributed by atoms with Crippen LogP contribution in [0.3, 0.4) is 0 Å².